The number of halogens is 4. The monoisotopic (exact) mass is 513 g/mol. The number of rotatable bonds is 5. The maximum absolute atomic E-state index is 15.2. The van der Waals surface area contributed by atoms with Gasteiger partial charge in [0.2, 0.25) is 6.41 Å². The van der Waals surface area contributed by atoms with Gasteiger partial charge in [-0.05, 0) is 36.2 Å². The third kappa shape index (κ3) is 5.42. The van der Waals surface area contributed by atoms with Crippen LogP contribution in [0.25, 0.3) is 22.2 Å². The van der Waals surface area contributed by atoms with Crippen molar-refractivity contribution >= 4 is 28.8 Å². The lowest BCUT2D eigenvalue weighted by molar-refractivity contribution is -0.105. The molecule has 2 aromatic heterocycles. The Kier molecular flexibility index (Phi) is 6.92. The van der Waals surface area contributed by atoms with E-state index >= 15 is 8.78 Å². The third-order valence-electron chi connectivity index (χ3n) is 5.74. The van der Waals surface area contributed by atoms with E-state index in [1.54, 1.807) is 7.05 Å². The van der Waals surface area contributed by atoms with Crippen LogP contribution in [0.15, 0.2) is 48.7 Å². The van der Waals surface area contributed by atoms with Crippen molar-refractivity contribution in [3.63, 3.8) is 0 Å². The molecule has 8 nitrogen and oxygen atoms in total. The standard InChI is InChI=1S/C21H15F4N7O.C4H8/c1-31-9-12-6-13(14(22)8-18(12)29-31)21(24,25)20(27)32-19(26)5-4-16(30-32)11-2-3-17(28-10-33)15(23)7-11;1-4-2-3-4/h2-10,26-27H,1H3,(H,28,33);4H,2-3H2,1H3. The average Bonchev–Trinajstić information content (AvgIpc) is 3.55. The molecule has 1 aliphatic carbocycles. The van der Waals surface area contributed by atoms with Crippen LogP contribution >= 0.6 is 0 Å². The number of carbonyl (C=O) groups excluding carboxylic acids is 1. The molecule has 1 amide bonds. The van der Waals surface area contributed by atoms with E-state index in [2.05, 4.69) is 22.4 Å². The van der Waals surface area contributed by atoms with Crippen molar-refractivity contribution in [3.05, 3.63) is 71.3 Å². The van der Waals surface area contributed by atoms with Gasteiger partial charge >= 0.3 is 5.92 Å². The van der Waals surface area contributed by atoms with E-state index in [1.807, 2.05) is 0 Å². The molecule has 0 unspecified atom stereocenters. The fourth-order valence-corrected chi connectivity index (χ4v) is 3.44. The predicted octanol–water partition coefficient (Wildman–Crippen LogP) is 4.80. The van der Waals surface area contributed by atoms with E-state index in [-0.39, 0.29) is 27.8 Å². The zero-order chi connectivity index (χ0) is 26.9. The van der Waals surface area contributed by atoms with Crippen molar-refractivity contribution in [1.82, 2.24) is 19.6 Å². The van der Waals surface area contributed by atoms with Gasteiger partial charge in [-0.2, -0.15) is 23.7 Å². The highest BCUT2D eigenvalue weighted by molar-refractivity contribution is 5.90. The van der Waals surface area contributed by atoms with Crippen LogP contribution in [0.4, 0.5) is 23.2 Å². The molecule has 0 spiro atoms. The Hall–Kier alpha value is -4.35. The van der Waals surface area contributed by atoms with Gasteiger partial charge in [0.15, 0.2) is 5.84 Å². The summed E-state index contributed by atoms with van der Waals surface area (Å²) < 4.78 is 60.8. The SMILES string of the molecule is CC1CC1.Cn1cc2cc(C(F)(F)C(=N)n3nc(-c4ccc(NC=O)c(F)c4)ccc3=N)c(F)cc2n1. The molecule has 0 saturated heterocycles. The number of amides is 1. The van der Waals surface area contributed by atoms with Gasteiger partial charge in [-0.1, -0.05) is 25.8 Å². The number of nitrogens with one attached hydrogen (secondary N) is 3. The average molecular weight is 513 g/mol. The Labute approximate surface area is 208 Å². The zero-order valence-electron chi connectivity index (χ0n) is 19.9. The number of anilines is 1. The molecule has 1 aliphatic rings. The second-order valence-corrected chi connectivity index (χ2v) is 8.77. The Balaban J connectivity index is 0.000000730. The van der Waals surface area contributed by atoms with E-state index in [9.17, 15) is 13.6 Å². The highest BCUT2D eigenvalue weighted by Crippen LogP contribution is 2.34. The van der Waals surface area contributed by atoms with Crippen molar-refractivity contribution in [2.45, 2.75) is 25.7 Å². The van der Waals surface area contributed by atoms with Crippen LogP contribution in [0.2, 0.25) is 0 Å². The van der Waals surface area contributed by atoms with Crippen LogP contribution in [0.5, 0.6) is 0 Å². The molecule has 12 heteroatoms. The molecule has 2 aromatic carbocycles. The highest BCUT2D eigenvalue weighted by Gasteiger charge is 2.42. The predicted molar refractivity (Wildman–Crippen MR) is 129 cm³/mol. The van der Waals surface area contributed by atoms with Crippen LogP contribution in [-0.2, 0) is 17.8 Å². The van der Waals surface area contributed by atoms with Gasteiger partial charge in [0.05, 0.1) is 22.5 Å². The summed E-state index contributed by atoms with van der Waals surface area (Å²) in [5.41, 5.74) is -1.43. The van der Waals surface area contributed by atoms with Crippen molar-refractivity contribution in [2.24, 2.45) is 13.0 Å². The molecule has 5 rings (SSSR count). The number of hydrogen-bond acceptors (Lipinski definition) is 5. The van der Waals surface area contributed by atoms with Gasteiger partial charge in [-0.3, -0.25) is 20.3 Å². The van der Waals surface area contributed by atoms with Gasteiger partial charge < -0.3 is 5.32 Å². The summed E-state index contributed by atoms with van der Waals surface area (Å²) in [6, 6.07) is 7.77. The second kappa shape index (κ2) is 9.96. The number of fused-ring (bicyclic) bond motifs is 1. The first kappa shape index (κ1) is 25.7. The van der Waals surface area contributed by atoms with Gasteiger partial charge in [0.25, 0.3) is 0 Å². The highest BCUT2D eigenvalue weighted by atomic mass is 19.3. The zero-order valence-corrected chi connectivity index (χ0v) is 19.9. The molecule has 3 N–H and O–H groups in total. The number of aryl methyl sites for hydroxylation is 1. The minimum atomic E-state index is -4.15. The van der Waals surface area contributed by atoms with Crippen LogP contribution in [0.1, 0.15) is 25.3 Å². The van der Waals surface area contributed by atoms with Gasteiger partial charge in [-0.25, -0.2) is 8.78 Å². The largest absolute Gasteiger partial charge is 0.334 e. The maximum atomic E-state index is 15.2. The third-order valence-corrected chi connectivity index (χ3v) is 5.74. The topological polar surface area (TPSA) is 112 Å². The molecular weight excluding hydrogens is 490 g/mol. The molecule has 0 bridgehead atoms. The number of aromatic nitrogens is 4. The Morgan fingerprint density at radius 1 is 1.11 bits per heavy atom. The first-order valence-corrected chi connectivity index (χ1v) is 11.3. The summed E-state index contributed by atoms with van der Waals surface area (Å²) in [5.74, 6) is -6.59. The van der Waals surface area contributed by atoms with E-state index in [1.165, 1.54) is 41.9 Å². The summed E-state index contributed by atoms with van der Waals surface area (Å²) in [6.07, 6.45) is 4.70. The Bertz CT molecular complexity index is 1560. The molecule has 0 aliphatic heterocycles. The van der Waals surface area contributed by atoms with Crippen molar-refractivity contribution in [2.75, 3.05) is 5.32 Å². The molecule has 2 heterocycles. The van der Waals surface area contributed by atoms with Crippen molar-refractivity contribution < 1.29 is 22.4 Å². The lowest BCUT2D eigenvalue weighted by Crippen LogP contribution is -2.40. The number of hydrogen-bond donors (Lipinski definition) is 3. The number of alkyl halides is 2. The van der Waals surface area contributed by atoms with Crippen LogP contribution < -0.4 is 10.8 Å². The lowest BCUT2D eigenvalue weighted by Gasteiger charge is -2.20. The lowest BCUT2D eigenvalue weighted by atomic mass is 10.0. The molecule has 192 valence electrons. The van der Waals surface area contributed by atoms with E-state index < -0.39 is 34.4 Å². The number of carbonyl (C=O) groups is 1. The fourth-order valence-electron chi connectivity index (χ4n) is 3.44. The van der Waals surface area contributed by atoms with E-state index in [4.69, 9.17) is 10.8 Å². The van der Waals surface area contributed by atoms with Gasteiger partial charge in [0.1, 0.15) is 17.1 Å². The first-order chi connectivity index (χ1) is 17.5. The van der Waals surface area contributed by atoms with Gasteiger partial charge in [0, 0.05) is 30.3 Å². The molecule has 4 aromatic rings. The van der Waals surface area contributed by atoms with Crippen molar-refractivity contribution in [3.8, 4) is 11.3 Å². The molecule has 1 fully saturated rings. The van der Waals surface area contributed by atoms with E-state index in [0.717, 1.165) is 30.2 Å². The molecule has 0 radical (unpaired) electrons. The first-order valence-electron chi connectivity index (χ1n) is 11.3. The maximum Gasteiger partial charge on any atom is 0.334 e. The smallest absolute Gasteiger partial charge is 0.326 e. The normalized spacial score (nSPS) is 13.1. The molecule has 1 saturated carbocycles. The molecule has 0 atom stereocenters. The van der Waals surface area contributed by atoms with Crippen LogP contribution in [0.3, 0.4) is 0 Å². The summed E-state index contributed by atoms with van der Waals surface area (Å²) in [7, 11) is 1.56. The van der Waals surface area contributed by atoms with Gasteiger partial charge in [-0.15, -0.1) is 0 Å². The summed E-state index contributed by atoms with van der Waals surface area (Å²) in [5, 5.41) is 26.2. The minimum absolute atomic E-state index is 0.0220. The molecular formula is C25H23F4N7O. The fraction of sp³-hybridized carbons (Fsp3) is 0.240. The number of nitrogens with zero attached hydrogens (tertiary/aromatic N) is 4. The van der Waals surface area contributed by atoms with E-state index in [0.29, 0.717) is 11.1 Å². The number of benzene rings is 2. The Morgan fingerprint density at radius 2 is 1.81 bits per heavy atom. The minimum Gasteiger partial charge on any atom is -0.326 e. The summed E-state index contributed by atoms with van der Waals surface area (Å²) in [4.78, 5) is 10.5. The summed E-state index contributed by atoms with van der Waals surface area (Å²) in [6.45, 7) is 2.28. The quantitative estimate of drug-likeness (QED) is 0.154. The van der Waals surface area contributed by atoms with Crippen LogP contribution in [-0.4, -0.2) is 31.8 Å². The summed E-state index contributed by atoms with van der Waals surface area (Å²) >= 11 is 0. The van der Waals surface area contributed by atoms with Crippen molar-refractivity contribution in [1.29, 1.82) is 10.8 Å². The molecule has 37 heavy (non-hydrogen) atoms. The second-order valence-electron chi connectivity index (χ2n) is 8.77. The Morgan fingerprint density at radius 3 is 2.43 bits per heavy atom. The van der Waals surface area contributed by atoms with Crippen LogP contribution in [0, 0.1) is 28.4 Å².